The van der Waals surface area contributed by atoms with Crippen molar-refractivity contribution in [2.24, 2.45) is 0 Å². The van der Waals surface area contributed by atoms with E-state index in [1.165, 1.54) is 4.90 Å². The normalized spacial score (nSPS) is 10.5. The Morgan fingerprint density at radius 3 is 2.53 bits per heavy atom. The maximum absolute atomic E-state index is 11.8. The van der Waals surface area contributed by atoms with E-state index in [4.69, 9.17) is 0 Å². The topological polar surface area (TPSA) is 46.6 Å². The number of halogens is 2. The Bertz CT molecular complexity index is 420. The maximum Gasteiger partial charge on any atom is 0.261 e. The number of ketones is 1. The summed E-state index contributed by atoms with van der Waals surface area (Å²) in [5, 5.41) is 0. The zero-order valence-electron chi connectivity index (χ0n) is 10.5. The van der Waals surface area contributed by atoms with E-state index in [9.17, 15) is 18.4 Å². The van der Waals surface area contributed by atoms with Crippen LogP contribution >= 0.6 is 0 Å². The highest BCUT2D eigenvalue weighted by Crippen LogP contribution is 2.13. The molecule has 4 nitrogen and oxygen atoms in total. The Labute approximate surface area is 110 Å². The largest absolute Gasteiger partial charge is 0.375 e. The lowest BCUT2D eigenvalue weighted by molar-refractivity contribution is -0.107. The number of alkyl halides is 2. The van der Waals surface area contributed by atoms with Gasteiger partial charge >= 0.3 is 0 Å². The van der Waals surface area contributed by atoms with Crippen LogP contribution in [0.25, 0.3) is 0 Å². The first-order valence-corrected chi connectivity index (χ1v) is 5.72. The molecule has 0 fully saturated rings. The molecular formula is C13H15F2NO3. The van der Waals surface area contributed by atoms with Crippen molar-refractivity contribution in [3.63, 3.8) is 0 Å². The fourth-order valence-electron chi connectivity index (χ4n) is 1.42. The lowest BCUT2D eigenvalue weighted by atomic mass is 10.1. The number of carbonyl (C=O) groups is 2. The van der Waals surface area contributed by atoms with Crippen molar-refractivity contribution in [1.29, 1.82) is 0 Å². The molecule has 1 aromatic carbocycles. The summed E-state index contributed by atoms with van der Waals surface area (Å²) in [6.07, 6.45) is -1.81. The molecule has 0 bridgehead atoms. The fourth-order valence-corrected chi connectivity index (χ4v) is 1.42. The van der Waals surface area contributed by atoms with Crippen LogP contribution in [0.2, 0.25) is 0 Å². The summed E-state index contributed by atoms with van der Waals surface area (Å²) < 4.78 is 28.2. The van der Waals surface area contributed by atoms with Crippen LogP contribution < -0.4 is 4.90 Å². The van der Waals surface area contributed by atoms with Crippen molar-refractivity contribution in [2.45, 2.75) is 12.8 Å². The maximum atomic E-state index is 11.8. The Balaban J connectivity index is 2.47. The zero-order valence-corrected chi connectivity index (χ0v) is 10.5. The van der Waals surface area contributed by atoms with Crippen LogP contribution in [0, 0.1) is 0 Å². The second kappa shape index (κ2) is 7.58. The van der Waals surface area contributed by atoms with E-state index in [2.05, 4.69) is 4.74 Å². The number of hydrogen-bond acceptors (Lipinski definition) is 3. The van der Waals surface area contributed by atoms with Gasteiger partial charge in [0.25, 0.3) is 6.43 Å². The van der Waals surface area contributed by atoms with Crippen LogP contribution in [-0.2, 0) is 9.53 Å². The Kier molecular flexibility index (Phi) is 6.08. The number of carbonyl (C=O) groups excluding carboxylic acids is 2. The average molecular weight is 271 g/mol. The number of ether oxygens (including phenoxy) is 1. The minimum absolute atomic E-state index is 0.0286. The van der Waals surface area contributed by atoms with E-state index in [1.54, 1.807) is 31.3 Å². The van der Waals surface area contributed by atoms with Gasteiger partial charge in [-0.1, -0.05) is 0 Å². The smallest absolute Gasteiger partial charge is 0.261 e. The van der Waals surface area contributed by atoms with Gasteiger partial charge in [0.1, 0.15) is 6.61 Å². The van der Waals surface area contributed by atoms with Gasteiger partial charge in [0.05, 0.1) is 6.61 Å². The molecule has 1 aromatic rings. The van der Waals surface area contributed by atoms with Crippen molar-refractivity contribution >= 4 is 17.9 Å². The van der Waals surface area contributed by atoms with Crippen molar-refractivity contribution in [3.05, 3.63) is 29.8 Å². The van der Waals surface area contributed by atoms with Crippen molar-refractivity contribution in [1.82, 2.24) is 0 Å². The fraction of sp³-hybridized carbons (Fsp3) is 0.385. The van der Waals surface area contributed by atoms with Gasteiger partial charge in [-0.15, -0.1) is 0 Å². The van der Waals surface area contributed by atoms with Crippen molar-refractivity contribution in [3.8, 4) is 0 Å². The third-order valence-electron chi connectivity index (χ3n) is 2.47. The number of hydrogen-bond donors (Lipinski definition) is 0. The van der Waals surface area contributed by atoms with E-state index in [-0.39, 0.29) is 18.8 Å². The zero-order chi connectivity index (χ0) is 14.3. The summed E-state index contributed by atoms with van der Waals surface area (Å²) in [5.41, 5.74) is 1.13. The van der Waals surface area contributed by atoms with Gasteiger partial charge in [-0.05, 0) is 24.3 Å². The third-order valence-corrected chi connectivity index (χ3v) is 2.47. The third kappa shape index (κ3) is 5.13. The molecule has 0 unspecified atom stereocenters. The quantitative estimate of drug-likeness (QED) is 0.413. The highest BCUT2D eigenvalue weighted by atomic mass is 19.3. The Morgan fingerprint density at radius 2 is 2.00 bits per heavy atom. The molecule has 1 amide bonds. The summed E-state index contributed by atoms with van der Waals surface area (Å²) in [6.45, 7) is -0.685. The second-order valence-electron chi connectivity index (χ2n) is 3.90. The number of anilines is 1. The molecule has 1 rings (SSSR count). The molecule has 19 heavy (non-hydrogen) atoms. The van der Waals surface area contributed by atoms with E-state index in [0.29, 0.717) is 17.7 Å². The molecule has 104 valence electrons. The Hall–Kier alpha value is -1.82. The summed E-state index contributed by atoms with van der Waals surface area (Å²) in [7, 11) is 1.60. The van der Waals surface area contributed by atoms with Crippen molar-refractivity contribution < 1.29 is 23.1 Å². The summed E-state index contributed by atoms with van der Waals surface area (Å²) in [5.74, 6) is -0.186. The SMILES string of the molecule is CN(C=O)c1ccc(C(=O)CCOCC(F)F)cc1. The van der Waals surface area contributed by atoms with E-state index < -0.39 is 13.0 Å². The van der Waals surface area contributed by atoms with Gasteiger partial charge in [0, 0.05) is 24.7 Å². The molecule has 0 aliphatic carbocycles. The first-order valence-electron chi connectivity index (χ1n) is 5.72. The number of benzene rings is 1. The molecule has 0 atom stereocenters. The van der Waals surface area contributed by atoms with Gasteiger partial charge in [-0.25, -0.2) is 8.78 Å². The Morgan fingerprint density at radius 1 is 1.37 bits per heavy atom. The van der Waals surface area contributed by atoms with E-state index in [0.717, 1.165) is 0 Å². The van der Waals surface area contributed by atoms with Gasteiger partial charge in [-0.2, -0.15) is 0 Å². The van der Waals surface area contributed by atoms with Gasteiger partial charge < -0.3 is 9.64 Å². The molecule has 0 aliphatic rings. The molecule has 6 heteroatoms. The van der Waals surface area contributed by atoms with Crippen LogP contribution in [0.3, 0.4) is 0 Å². The van der Waals surface area contributed by atoms with Gasteiger partial charge in [0.15, 0.2) is 5.78 Å². The monoisotopic (exact) mass is 271 g/mol. The lowest BCUT2D eigenvalue weighted by Gasteiger charge is -2.10. The van der Waals surface area contributed by atoms with Gasteiger partial charge in [-0.3, -0.25) is 9.59 Å². The van der Waals surface area contributed by atoms with Crippen LogP contribution in [0.15, 0.2) is 24.3 Å². The van der Waals surface area contributed by atoms with E-state index >= 15 is 0 Å². The molecule has 0 aromatic heterocycles. The molecule has 0 aliphatic heterocycles. The molecule has 0 heterocycles. The van der Waals surface area contributed by atoms with Crippen LogP contribution in [0.5, 0.6) is 0 Å². The average Bonchev–Trinajstić information content (AvgIpc) is 2.42. The van der Waals surface area contributed by atoms with Crippen LogP contribution in [0.1, 0.15) is 16.8 Å². The second-order valence-corrected chi connectivity index (χ2v) is 3.90. The standard InChI is InChI=1S/C13H15F2NO3/c1-16(9-17)11-4-2-10(3-5-11)12(18)6-7-19-8-13(14)15/h2-5,9,13H,6-8H2,1H3. The molecule has 0 N–H and O–H groups in total. The summed E-state index contributed by atoms with van der Waals surface area (Å²) in [4.78, 5) is 23.6. The number of Topliss-reactive ketones (excluding diaryl/α,β-unsaturated/α-hetero) is 1. The molecule has 0 radical (unpaired) electrons. The minimum atomic E-state index is -2.52. The molecule has 0 saturated carbocycles. The van der Waals surface area contributed by atoms with Gasteiger partial charge in [0.2, 0.25) is 6.41 Å². The predicted molar refractivity (Wildman–Crippen MR) is 66.7 cm³/mol. The molecular weight excluding hydrogens is 256 g/mol. The first kappa shape index (κ1) is 15.2. The lowest BCUT2D eigenvalue weighted by Crippen LogP contribution is -2.14. The minimum Gasteiger partial charge on any atom is -0.375 e. The number of rotatable bonds is 8. The summed E-state index contributed by atoms with van der Waals surface area (Å²) >= 11 is 0. The first-order chi connectivity index (χ1) is 9.04. The molecule has 0 saturated heterocycles. The molecule has 0 spiro atoms. The van der Waals surface area contributed by atoms with Crippen LogP contribution in [-0.4, -0.2) is 38.9 Å². The van der Waals surface area contributed by atoms with Crippen LogP contribution in [0.4, 0.5) is 14.5 Å². The highest BCUT2D eigenvalue weighted by Gasteiger charge is 2.08. The highest BCUT2D eigenvalue weighted by molar-refractivity contribution is 5.96. The summed E-state index contributed by atoms with van der Waals surface area (Å²) in [6, 6.07) is 6.46. The number of amides is 1. The van der Waals surface area contributed by atoms with Crippen molar-refractivity contribution in [2.75, 3.05) is 25.2 Å². The predicted octanol–water partition coefficient (Wildman–Crippen LogP) is 2.13. The van der Waals surface area contributed by atoms with E-state index in [1.807, 2.05) is 0 Å². The number of nitrogens with zero attached hydrogens (tertiary/aromatic N) is 1.